The summed E-state index contributed by atoms with van der Waals surface area (Å²) in [4.78, 5) is 0. The molecule has 0 bridgehead atoms. The summed E-state index contributed by atoms with van der Waals surface area (Å²) in [5, 5.41) is 4.24. The molecular weight excluding hydrogens is 285 g/mol. The van der Waals surface area contributed by atoms with Gasteiger partial charge in [-0.25, -0.2) is 4.39 Å². The van der Waals surface area contributed by atoms with Gasteiger partial charge in [0.1, 0.15) is 5.82 Å². The van der Waals surface area contributed by atoms with Gasteiger partial charge in [0.15, 0.2) is 0 Å². The summed E-state index contributed by atoms with van der Waals surface area (Å²) in [5.41, 5.74) is 4.31. The summed E-state index contributed by atoms with van der Waals surface area (Å²) in [7, 11) is 0. The molecule has 1 unspecified atom stereocenters. The zero-order valence-corrected chi connectivity index (χ0v) is 13.5. The van der Waals surface area contributed by atoms with Crippen molar-refractivity contribution in [1.29, 1.82) is 0 Å². The monoisotopic (exact) mass is 305 g/mol. The second-order valence-corrected chi connectivity index (χ2v) is 5.83. The van der Waals surface area contributed by atoms with Gasteiger partial charge in [0.05, 0.1) is 6.04 Å². The van der Waals surface area contributed by atoms with Gasteiger partial charge in [-0.2, -0.15) is 0 Å². The van der Waals surface area contributed by atoms with Crippen molar-refractivity contribution in [3.8, 4) is 0 Å². The van der Waals surface area contributed by atoms with E-state index >= 15 is 0 Å². The van der Waals surface area contributed by atoms with Crippen LogP contribution in [0.2, 0.25) is 5.02 Å². The van der Waals surface area contributed by atoms with E-state index in [1.165, 1.54) is 6.07 Å². The highest BCUT2D eigenvalue weighted by atomic mass is 35.5. The molecule has 1 N–H and O–H groups in total. The molecule has 0 amide bonds. The SMILES string of the molecule is CCCNC(c1ccc(Cl)cc1C)c1cc(F)ccc1C. The normalized spacial score (nSPS) is 12.4. The first-order valence-electron chi connectivity index (χ1n) is 7.28. The van der Waals surface area contributed by atoms with Crippen molar-refractivity contribution >= 4 is 11.6 Å². The maximum absolute atomic E-state index is 13.7. The van der Waals surface area contributed by atoms with E-state index in [4.69, 9.17) is 11.6 Å². The molecule has 0 aromatic heterocycles. The molecule has 0 fully saturated rings. The van der Waals surface area contributed by atoms with E-state index < -0.39 is 0 Å². The molecule has 0 saturated heterocycles. The summed E-state index contributed by atoms with van der Waals surface area (Å²) in [6, 6.07) is 10.8. The molecule has 2 aromatic rings. The Morgan fingerprint density at radius 3 is 2.48 bits per heavy atom. The number of nitrogens with one attached hydrogen (secondary N) is 1. The third kappa shape index (κ3) is 3.84. The largest absolute Gasteiger partial charge is 0.306 e. The van der Waals surface area contributed by atoms with E-state index in [0.717, 1.165) is 40.2 Å². The van der Waals surface area contributed by atoms with Crippen LogP contribution in [0.15, 0.2) is 36.4 Å². The fraction of sp³-hybridized carbons (Fsp3) is 0.333. The summed E-state index contributed by atoms with van der Waals surface area (Å²) in [5.74, 6) is -0.203. The van der Waals surface area contributed by atoms with Crippen LogP contribution in [0.4, 0.5) is 4.39 Å². The Hall–Kier alpha value is -1.38. The lowest BCUT2D eigenvalue weighted by molar-refractivity contribution is 0.581. The third-order valence-corrected chi connectivity index (χ3v) is 3.93. The predicted molar refractivity (Wildman–Crippen MR) is 87.5 cm³/mol. The van der Waals surface area contributed by atoms with E-state index in [-0.39, 0.29) is 11.9 Å². The fourth-order valence-electron chi connectivity index (χ4n) is 2.56. The van der Waals surface area contributed by atoms with Crippen LogP contribution in [-0.4, -0.2) is 6.54 Å². The lowest BCUT2D eigenvalue weighted by Gasteiger charge is -2.23. The van der Waals surface area contributed by atoms with Crippen molar-refractivity contribution in [2.24, 2.45) is 0 Å². The first kappa shape index (κ1) is 16.0. The second kappa shape index (κ2) is 7.06. The minimum Gasteiger partial charge on any atom is -0.306 e. The fourth-order valence-corrected chi connectivity index (χ4v) is 2.79. The van der Waals surface area contributed by atoms with Crippen molar-refractivity contribution in [3.05, 3.63) is 69.5 Å². The first-order valence-corrected chi connectivity index (χ1v) is 7.66. The molecule has 0 aliphatic carbocycles. The quantitative estimate of drug-likeness (QED) is 0.802. The molecule has 21 heavy (non-hydrogen) atoms. The number of benzene rings is 2. The average Bonchev–Trinajstić information content (AvgIpc) is 2.44. The van der Waals surface area contributed by atoms with Crippen molar-refractivity contribution in [3.63, 3.8) is 0 Å². The van der Waals surface area contributed by atoms with E-state index in [9.17, 15) is 4.39 Å². The van der Waals surface area contributed by atoms with Crippen molar-refractivity contribution in [2.75, 3.05) is 6.54 Å². The molecule has 0 aliphatic rings. The Balaban J connectivity index is 2.49. The Morgan fingerprint density at radius 2 is 1.81 bits per heavy atom. The zero-order valence-electron chi connectivity index (χ0n) is 12.7. The minimum absolute atomic E-state index is 0.0158. The topological polar surface area (TPSA) is 12.0 Å². The molecule has 0 spiro atoms. The molecule has 0 radical (unpaired) electrons. The molecule has 0 saturated carbocycles. The molecule has 0 heterocycles. The van der Waals surface area contributed by atoms with Gasteiger partial charge in [0.25, 0.3) is 0 Å². The summed E-state index contributed by atoms with van der Waals surface area (Å²) < 4.78 is 13.7. The lowest BCUT2D eigenvalue weighted by Crippen LogP contribution is -2.24. The highest BCUT2D eigenvalue weighted by molar-refractivity contribution is 6.30. The summed E-state index contributed by atoms with van der Waals surface area (Å²) >= 11 is 6.05. The molecule has 1 nitrogen and oxygen atoms in total. The minimum atomic E-state index is -0.203. The Labute approximate surface area is 131 Å². The molecule has 2 aromatic carbocycles. The zero-order chi connectivity index (χ0) is 15.4. The van der Waals surface area contributed by atoms with Gasteiger partial charge in [0, 0.05) is 5.02 Å². The van der Waals surface area contributed by atoms with Crippen LogP contribution in [0.25, 0.3) is 0 Å². The highest BCUT2D eigenvalue weighted by Crippen LogP contribution is 2.29. The number of halogens is 2. The van der Waals surface area contributed by atoms with E-state index in [1.807, 2.05) is 38.1 Å². The van der Waals surface area contributed by atoms with Gasteiger partial charge in [-0.05, 0) is 73.3 Å². The third-order valence-electron chi connectivity index (χ3n) is 3.69. The smallest absolute Gasteiger partial charge is 0.123 e. The van der Waals surface area contributed by atoms with Crippen LogP contribution in [0, 0.1) is 19.7 Å². The molecule has 0 aliphatic heterocycles. The Bertz CT molecular complexity index is 625. The molecular formula is C18H21ClFN. The first-order chi connectivity index (χ1) is 10.0. The van der Waals surface area contributed by atoms with Gasteiger partial charge >= 0.3 is 0 Å². The Morgan fingerprint density at radius 1 is 1.05 bits per heavy atom. The number of aryl methyl sites for hydroxylation is 2. The van der Waals surface area contributed by atoms with E-state index in [0.29, 0.717) is 0 Å². The summed E-state index contributed by atoms with van der Waals surface area (Å²) in [6.07, 6.45) is 1.03. The van der Waals surface area contributed by atoms with Gasteiger partial charge in [0.2, 0.25) is 0 Å². The molecule has 3 heteroatoms. The van der Waals surface area contributed by atoms with Crippen molar-refractivity contribution in [1.82, 2.24) is 5.32 Å². The van der Waals surface area contributed by atoms with Gasteiger partial charge in [-0.3, -0.25) is 0 Å². The van der Waals surface area contributed by atoms with E-state index in [2.05, 4.69) is 12.2 Å². The van der Waals surface area contributed by atoms with Crippen LogP contribution < -0.4 is 5.32 Å². The maximum atomic E-state index is 13.7. The van der Waals surface area contributed by atoms with Gasteiger partial charge in [-0.15, -0.1) is 0 Å². The van der Waals surface area contributed by atoms with Crippen LogP contribution in [0.1, 0.15) is 41.6 Å². The van der Waals surface area contributed by atoms with Gasteiger partial charge in [-0.1, -0.05) is 30.7 Å². The number of hydrogen-bond acceptors (Lipinski definition) is 1. The standard InChI is InChI=1S/C18H21ClFN/c1-4-9-21-18(16-8-6-14(19)10-13(16)3)17-11-15(20)7-5-12(17)2/h5-8,10-11,18,21H,4,9H2,1-3H3. The number of hydrogen-bond donors (Lipinski definition) is 1. The number of rotatable bonds is 5. The molecule has 112 valence electrons. The van der Waals surface area contributed by atoms with Crippen molar-refractivity contribution in [2.45, 2.75) is 33.2 Å². The van der Waals surface area contributed by atoms with Crippen molar-refractivity contribution < 1.29 is 4.39 Å². The van der Waals surface area contributed by atoms with Crippen LogP contribution in [0.3, 0.4) is 0 Å². The summed E-state index contributed by atoms with van der Waals surface area (Å²) in [6.45, 7) is 7.05. The van der Waals surface area contributed by atoms with E-state index in [1.54, 1.807) is 6.07 Å². The molecule has 1 atom stereocenters. The Kier molecular flexibility index (Phi) is 5.38. The molecule has 2 rings (SSSR count). The maximum Gasteiger partial charge on any atom is 0.123 e. The van der Waals surface area contributed by atoms with Crippen LogP contribution >= 0.6 is 11.6 Å². The second-order valence-electron chi connectivity index (χ2n) is 5.39. The van der Waals surface area contributed by atoms with Gasteiger partial charge < -0.3 is 5.32 Å². The lowest BCUT2D eigenvalue weighted by atomic mass is 9.92. The highest BCUT2D eigenvalue weighted by Gasteiger charge is 2.18. The predicted octanol–water partition coefficient (Wildman–Crippen LogP) is 5.18. The average molecular weight is 306 g/mol. The van der Waals surface area contributed by atoms with Crippen LogP contribution in [0.5, 0.6) is 0 Å². The van der Waals surface area contributed by atoms with Crippen LogP contribution in [-0.2, 0) is 0 Å².